The number of anilines is 1. The summed E-state index contributed by atoms with van der Waals surface area (Å²) in [5.74, 6) is 0. The predicted molar refractivity (Wildman–Crippen MR) is 104 cm³/mol. The molecule has 2 saturated heterocycles. The van der Waals surface area contributed by atoms with Gasteiger partial charge >= 0.3 is 0 Å². The Morgan fingerprint density at radius 2 is 1.58 bits per heavy atom. The van der Waals surface area contributed by atoms with Crippen molar-refractivity contribution in [3.63, 3.8) is 0 Å². The third-order valence-corrected chi connectivity index (χ3v) is 5.40. The molecule has 0 saturated carbocycles. The molecule has 2 aliphatic rings. The third-order valence-electron chi connectivity index (χ3n) is 4.59. The Bertz CT molecular complexity index is 765. The van der Waals surface area contributed by atoms with Gasteiger partial charge < -0.3 is 14.5 Å². The maximum atomic E-state index is 6.24. The monoisotopic (exact) mass is 354 g/mol. The van der Waals surface area contributed by atoms with E-state index in [0.717, 1.165) is 21.2 Å². The number of fused-ring (bicyclic) bond motifs is 1. The fourth-order valence-corrected chi connectivity index (χ4v) is 4.27. The van der Waals surface area contributed by atoms with Crippen LogP contribution in [-0.4, -0.2) is 33.6 Å². The van der Waals surface area contributed by atoms with Crippen LogP contribution in [0.25, 0.3) is 0 Å². The lowest BCUT2D eigenvalue weighted by Gasteiger charge is -2.42. The number of benzene rings is 2. The molecule has 122 valence electrons. The molecule has 0 spiro atoms. The largest absolute Gasteiger partial charge is 0.348 e. The fourth-order valence-electron chi connectivity index (χ4n) is 3.46. The molecule has 3 atom stereocenters. The van der Waals surface area contributed by atoms with Crippen LogP contribution in [0, 0.1) is 0 Å². The molecule has 2 fully saturated rings. The number of ether oxygens (including phenoxy) is 1. The first kappa shape index (κ1) is 15.7. The minimum absolute atomic E-state index is 0.00725. The summed E-state index contributed by atoms with van der Waals surface area (Å²) in [6, 6.07) is 20.4. The minimum Gasteiger partial charge on any atom is -0.348 e. The summed E-state index contributed by atoms with van der Waals surface area (Å²) in [7, 11) is 0. The highest BCUT2D eigenvalue weighted by atomic mass is 32.1. The lowest BCUT2D eigenvalue weighted by atomic mass is 10.1. The van der Waals surface area contributed by atoms with Crippen LogP contribution < -0.4 is 4.90 Å². The summed E-state index contributed by atoms with van der Waals surface area (Å²) in [6.07, 6.45) is -0.165. The van der Waals surface area contributed by atoms with Crippen LogP contribution in [0.4, 0.5) is 5.69 Å². The molecule has 0 unspecified atom stereocenters. The van der Waals surface area contributed by atoms with Crippen LogP contribution in [0.2, 0.25) is 0 Å². The summed E-state index contributed by atoms with van der Waals surface area (Å²) < 4.78 is 6.24. The Balaban J connectivity index is 1.68. The molecule has 0 bridgehead atoms. The summed E-state index contributed by atoms with van der Waals surface area (Å²) in [4.78, 5) is 6.06. The number of thiocarbonyl (C=S) groups is 2. The molecule has 24 heavy (non-hydrogen) atoms. The molecule has 3 nitrogen and oxygen atoms in total. The zero-order valence-electron chi connectivity index (χ0n) is 13.3. The molecular weight excluding hydrogens is 336 g/mol. The fraction of sp³-hybridized carbons (Fsp3) is 0.263. The Kier molecular flexibility index (Phi) is 4.08. The SMILES string of the molecule is C[C@H]1O[C@H](c2ccccc2)N2C(=S)CN(c3ccccc3)C(=S)[C@H]12. The zero-order chi connectivity index (χ0) is 16.7. The van der Waals surface area contributed by atoms with Crippen LogP contribution in [-0.2, 0) is 4.74 Å². The first-order chi connectivity index (χ1) is 11.7. The van der Waals surface area contributed by atoms with Crippen molar-refractivity contribution in [1.29, 1.82) is 0 Å². The highest BCUT2D eigenvalue weighted by Gasteiger charge is 2.48. The van der Waals surface area contributed by atoms with Gasteiger partial charge in [-0.05, 0) is 19.1 Å². The smallest absolute Gasteiger partial charge is 0.158 e. The van der Waals surface area contributed by atoms with E-state index in [9.17, 15) is 0 Å². The van der Waals surface area contributed by atoms with E-state index in [1.807, 2.05) is 36.4 Å². The van der Waals surface area contributed by atoms with Crippen molar-refractivity contribution >= 4 is 40.1 Å². The van der Waals surface area contributed by atoms with Gasteiger partial charge in [-0.15, -0.1) is 0 Å². The van der Waals surface area contributed by atoms with Gasteiger partial charge in [-0.1, -0.05) is 73.0 Å². The quantitative estimate of drug-likeness (QED) is 0.757. The second kappa shape index (κ2) is 6.24. The first-order valence-electron chi connectivity index (χ1n) is 8.05. The molecule has 2 aromatic carbocycles. The van der Waals surface area contributed by atoms with E-state index in [4.69, 9.17) is 29.2 Å². The molecule has 0 N–H and O–H groups in total. The number of hydrogen-bond acceptors (Lipinski definition) is 3. The summed E-state index contributed by atoms with van der Waals surface area (Å²) in [5, 5.41) is 0. The van der Waals surface area contributed by atoms with Crippen LogP contribution in [0.5, 0.6) is 0 Å². The predicted octanol–water partition coefficient (Wildman–Crippen LogP) is 3.95. The molecule has 0 radical (unpaired) electrons. The average molecular weight is 354 g/mol. The second-order valence-electron chi connectivity index (χ2n) is 6.11. The number of para-hydroxylation sites is 1. The van der Waals surface area contributed by atoms with Crippen LogP contribution in [0.3, 0.4) is 0 Å². The third kappa shape index (κ3) is 2.53. The highest BCUT2D eigenvalue weighted by Crippen LogP contribution is 2.39. The molecule has 2 heterocycles. The van der Waals surface area contributed by atoms with E-state index in [1.165, 1.54) is 0 Å². The molecule has 2 aliphatic heterocycles. The van der Waals surface area contributed by atoms with Gasteiger partial charge in [0.1, 0.15) is 16.0 Å². The minimum atomic E-state index is -0.158. The summed E-state index contributed by atoms with van der Waals surface area (Å²) in [5.41, 5.74) is 2.20. The zero-order valence-corrected chi connectivity index (χ0v) is 15.0. The molecule has 4 rings (SSSR count). The van der Waals surface area contributed by atoms with Crippen molar-refractivity contribution in [1.82, 2.24) is 4.90 Å². The molecule has 0 aromatic heterocycles. The molecule has 5 heteroatoms. The van der Waals surface area contributed by atoms with E-state index in [2.05, 4.69) is 41.0 Å². The average Bonchev–Trinajstić information content (AvgIpc) is 2.98. The van der Waals surface area contributed by atoms with Crippen molar-refractivity contribution in [3.8, 4) is 0 Å². The van der Waals surface area contributed by atoms with Gasteiger partial charge in [0.2, 0.25) is 0 Å². The lowest BCUT2D eigenvalue weighted by Crippen LogP contribution is -2.58. The van der Waals surface area contributed by atoms with Gasteiger partial charge in [0.05, 0.1) is 12.6 Å². The lowest BCUT2D eigenvalue weighted by molar-refractivity contribution is 0.0258. The standard InChI is InChI=1S/C19H18N2OS2/c1-13-17-19(24)20(15-10-6-3-7-11-15)12-16(23)21(17)18(22-13)14-8-4-2-5-9-14/h2-11,13,17-18H,12H2,1H3/t13-,17+,18-/m1/s1. The van der Waals surface area contributed by atoms with E-state index >= 15 is 0 Å². The first-order valence-corrected chi connectivity index (χ1v) is 8.86. The molecular formula is C19H18N2OS2. The van der Waals surface area contributed by atoms with Crippen molar-refractivity contribution < 1.29 is 4.74 Å². The topological polar surface area (TPSA) is 15.7 Å². The Morgan fingerprint density at radius 1 is 0.958 bits per heavy atom. The van der Waals surface area contributed by atoms with Crippen molar-refractivity contribution in [2.24, 2.45) is 0 Å². The van der Waals surface area contributed by atoms with Gasteiger partial charge in [0, 0.05) is 11.3 Å². The molecule has 0 amide bonds. The van der Waals surface area contributed by atoms with Gasteiger partial charge in [0.15, 0.2) is 6.23 Å². The summed E-state index contributed by atoms with van der Waals surface area (Å²) in [6.45, 7) is 2.69. The van der Waals surface area contributed by atoms with E-state index in [0.29, 0.717) is 6.54 Å². The van der Waals surface area contributed by atoms with Crippen LogP contribution in [0.15, 0.2) is 60.7 Å². The van der Waals surface area contributed by atoms with Crippen LogP contribution in [0.1, 0.15) is 18.7 Å². The molecule has 2 aromatic rings. The number of nitrogens with zero attached hydrogens (tertiary/aromatic N) is 2. The number of rotatable bonds is 2. The normalized spacial score (nSPS) is 26.6. The Labute approximate surface area is 152 Å². The van der Waals surface area contributed by atoms with Crippen LogP contribution >= 0.6 is 24.4 Å². The maximum Gasteiger partial charge on any atom is 0.158 e. The van der Waals surface area contributed by atoms with E-state index in [1.54, 1.807) is 0 Å². The van der Waals surface area contributed by atoms with Crippen molar-refractivity contribution in [2.75, 3.05) is 11.4 Å². The van der Waals surface area contributed by atoms with Gasteiger partial charge in [-0.25, -0.2) is 0 Å². The van der Waals surface area contributed by atoms with Crippen molar-refractivity contribution in [2.45, 2.75) is 25.3 Å². The van der Waals surface area contributed by atoms with E-state index in [-0.39, 0.29) is 18.4 Å². The van der Waals surface area contributed by atoms with Gasteiger partial charge in [-0.2, -0.15) is 0 Å². The Hall–Kier alpha value is -1.82. The van der Waals surface area contributed by atoms with Gasteiger partial charge in [-0.3, -0.25) is 0 Å². The number of hydrogen-bond donors (Lipinski definition) is 0. The second-order valence-corrected chi connectivity index (χ2v) is 7.00. The van der Waals surface area contributed by atoms with Crippen molar-refractivity contribution in [3.05, 3.63) is 66.2 Å². The highest BCUT2D eigenvalue weighted by molar-refractivity contribution is 7.81. The Morgan fingerprint density at radius 3 is 2.25 bits per heavy atom. The molecule has 0 aliphatic carbocycles. The van der Waals surface area contributed by atoms with Gasteiger partial charge in [0.25, 0.3) is 0 Å². The summed E-state index contributed by atoms with van der Waals surface area (Å²) >= 11 is 11.6. The maximum absolute atomic E-state index is 6.24. The number of piperazine rings is 1. The van der Waals surface area contributed by atoms with E-state index < -0.39 is 0 Å².